The number of hydrogen-bond donors (Lipinski definition) is 2. The van der Waals surface area contributed by atoms with E-state index in [4.69, 9.17) is 18.9 Å². The number of hydrogen-bond acceptors (Lipinski definition) is 8. The van der Waals surface area contributed by atoms with E-state index in [1.807, 2.05) is 12.1 Å². The van der Waals surface area contributed by atoms with E-state index in [9.17, 15) is 19.8 Å². The quantitative estimate of drug-likeness (QED) is 0.0433. The normalized spacial score (nSPS) is 11.2. The number of carbonyl (C=O) groups excluding carboxylic acids is 2. The average molecular weight is 859 g/mol. The van der Waals surface area contributed by atoms with Gasteiger partial charge in [0.05, 0.1) is 39.6 Å². The zero-order chi connectivity index (χ0) is 44.6. The van der Waals surface area contributed by atoms with Crippen molar-refractivity contribution in [1.82, 2.24) is 0 Å². The lowest BCUT2D eigenvalue weighted by Crippen LogP contribution is -2.13. The summed E-state index contributed by atoms with van der Waals surface area (Å²) in [4.78, 5) is 28.7. The number of aliphatic hydroxyl groups excluding tert-OH is 2. The van der Waals surface area contributed by atoms with Gasteiger partial charge in [0, 0.05) is 34.4 Å². The van der Waals surface area contributed by atoms with Crippen LogP contribution in [0.2, 0.25) is 0 Å². The number of aliphatic hydroxyl groups is 2. The minimum atomic E-state index is -0.475. The Balaban J connectivity index is 1.88. The van der Waals surface area contributed by atoms with Gasteiger partial charge in [0.25, 0.3) is 0 Å². The molecule has 2 N–H and O–H groups in total. The van der Waals surface area contributed by atoms with Crippen molar-refractivity contribution < 1.29 is 38.7 Å². The minimum absolute atomic E-state index is 0.210. The molecule has 0 atom stereocenters. The molecule has 0 radical (unpaired) electrons. The topological polar surface area (TPSA) is 112 Å². The summed E-state index contributed by atoms with van der Waals surface area (Å²) in [6.45, 7) is 10.0. The van der Waals surface area contributed by atoms with E-state index in [1.165, 1.54) is 115 Å². The number of benzene rings is 3. The summed E-state index contributed by atoms with van der Waals surface area (Å²) in [6, 6.07) is 13.6. The van der Waals surface area contributed by atoms with Gasteiger partial charge in [0.1, 0.15) is 23.0 Å². The summed E-state index contributed by atoms with van der Waals surface area (Å²) in [5.41, 5.74) is 1.70. The highest BCUT2D eigenvalue weighted by molar-refractivity contribution is 6.13. The fourth-order valence-electron chi connectivity index (χ4n) is 7.71. The maximum Gasteiger partial charge on any atom is 0.193 e. The molecule has 0 amide bonds. The van der Waals surface area contributed by atoms with Crippen LogP contribution in [0.25, 0.3) is 0 Å². The maximum absolute atomic E-state index is 14.4. The van der Waals surface area contributed by atoms with Gasteiger partial charge < -0.3 is 29.2 Å². The van der Waals surface area contributed by atoms with Gasteiger partial charge in [0.2, 0.25) is 0 Å². The molecule has 0 saturated heterocycles. The third-order valence-corrected chi connectivity index (χ3v) is 11.5. The summed E-state index contributed by atoms with van der Waals surface area (Å²) in [5, 5.41) is 21.3. The molecule has 0 aromatic heterocycles. The second-order valence-electron chi connectivity index (χ2n) is 17.0. The van der Waals surface area contributed by atoms with E-state index in [0.29, 0.717) is 71.7 Å². The van der Waals surface area contributed by atoms with Crippen LogP contribution >= 0.6 is 0 Å². The second kappa shape index (κ2) is 32.7. The van der Waals surface area contributed by atoms with Gasteiger partial charge in [-0.1, -0.05) is 156 Å². The molecular weight excluding hydrogens is 777 g/mol. The first kappa shape index (κ1) is 52.5. The maximum atomic E-state index is 14.4. The van der Waals surface area contributed by atoms with Crippen LogP contribution in [-0.4, -0.2) is 48.2 Å². The van der Waals surface area contributed by atoms with E-state index >= 15 is 0 Å². The minimum Gasteiger partial charge on any atom is -0.493 e. The standard InChI is InChI=1S/C54H82O8/c1-5-9-13-17-21-25-29-59-47-33-43(34-48(39-47)60-30-26-22-18-14-10-6-2)53(57)51-37-46(42-56)52(38-45(51)41-55)54(58)44-35-49(61-31-27-23-19-15-11-7-3)40-50(36-44)62-32-28-24-20-16-12-8-4/h33-40,55-56H,5-32,41-42H2,1-4H3. The Morgan fingerprint density at radius 1 is 0.355 bits per heavy atom. The second-order valence-corrected chi connectivity index (χ2v) is 17.0. The lowest BCUT2D eigenvalue weighted by atomic mass is 9.90. The molecule has 8 nitrogen and oxygen atoms in total. The first-order valence-corrected chi connectivity index (χ1v) is 24.7. The molecule has 0 saturated carbocycles. The van der Waals surface area contributed by atoms with Crippen molar-refractivity contribution in [1.29, 1.82) is 0 Å². The van der Waals surface area contributed by atoms with Crippen molar-refractivity contribution in [3.8, 4) is 23.0 Å². The van der Waals surface area contributed by atoms with Gasteiger partial charge >= 0.3 is 0 Å². The van der Waals surface area contributed by atoms with E-state index in [1.54, 1.807) is 24.3 Å². The molecule has 62 heavy (non-hydrogen) atoms. The number of ether oxygens (including phenoxy) is 4. The van der Waals surface area contributed by atoms with Crippen LogP contribution in [0.4, 0.5) is 0 Å². The molecule has 0 aliphatic heterocycles. The molecule has 0 heterocycles. The van der Waals surface area contributed by atoms with Crippen LogP contribution in [0.15, 0.2) is 48.5 Å². The Bertz CT molecular complexity index is 1490. The highest BCUT2D eigenvalue weighted by Gasteiger charge is 2.23. The first-order valence-electron chi connectivity index (χ1n) is 24.7. The van der Waals surface area contributed by atoms with Crippen LogP contribution in [0, 0.1) is 0 Å². The lowest BCUT2D eigenvalue weighted by Gasteiger charge is -2.16. The fourth-order valence-corrected chi connectivity index (χ4v) is 7.71. The molecular formula is C54H82O8. The Morgan fingerprint density at radius 2 is 0.597 bits per heavy atom. The largest absolute Gasteiger partial charge is 0.493 e. The zero-order valence-corrected chi connectivity index (χ0v) is 39.2. The third kappa shape index (κ3) is 20.1. The van der Waals surface area contributed by atoms with Crippen molar-refractivity contribution in [2.75, 3.05) is 26.4 Å². The molecule has 0 fully saturated rings. The van der Waals surface area contributed by atoms with Crippen molar-refractivity contribution in [3.63, 3.8) is 0 Å². The predicted molar refractivity (Wildman–Crippen MR) is 254 cm³/mol. The Kier molecular flexibility index (Phi) is 27.7. The summed E-state index contributed by atoms with van der Waals surface area (Å²) >= 11 is 0. The van der Waals surface area contributed by atoms with Gasteiger partial charge in [-0.15, -0.1) is 0 Å². The molecule has 3 aromatic rings. The first-order chi connectivity index (χ1) is 30.4. The van der Waals surface area contributed by atoms with Gasteiger partial charge in [0.15, 0.2) is 11.6 Å². The van der Waals surface area contributed by atoms with Crippen molar-refractivity contribution in [2.24, 2.45) is 0 Å². The lowest BCUT2D eigenvalue weighted by molar-refractivity contribution is 0.102. The predicted octanol–water partition coefficient (Wildman–Crippen LogP) is 14.1. The Hall–Kier alpha value is -3.88. The highest BCUT2D eigenvalue weighted by atomic mass is 16.5. The molecule has 0 unspecified atom stereocenters. The van der Waals surface area contributed by atoms with Gasteiger partial charge in [-0.2, -0.15) is 0 Å². The van der Waals surface area contributed by atoms with Gasteiger partial charge in [-0.25, -0.2) is 0 Å². The summed E-state index contributed by atoms with van der Waals surface area (Å²) in [6.07, 6.45) is 27.3. The molecule has 0 spiro atoms. The highest BCUT2D eigenvalue weighted by Crippen LogP contribution is 2.31. The average Bonchev–Trinajstić information content (AvgIpc) is 3.29. The Labute approximate surface area is 375 Å². The fraction of sp³-hybridized carbons (Fsp3) is 0.630. The molecule has 3 aromatic carbocycles. The van der Waals surface area contributed by atoms with E-state index in [0.717, 1.165) is 51.4 Å². The monoisotopic (exact) mass is 859 g/mol. The molecule has 0 aliphatic carbocycles. The number of unbranched alkanes of at least 4 members (excludes halogenated alkanes) is 20. The summed E-state index contributed by atoms with van der Waals surface area (Å²) < 4.78 is 24.7. The smallest absolute Gasteiger partial charge is 0.193 e. The van der Waals surface area contributed by atoms with E-state index in [2.05, 4.69) is 27.7 Å². The van der Waals surface area contributed by atoms with Crippen molar-refractivity contribution >= 4 is 11.6 Å². The number of ketones is 2. The van der Waals surface area contributed by atoms with Crippen LogP contribution in [0.1, 0.15) is 225 Å². The third-order valence-electron chi connectivity index (χ3n) is 11.5. The zero-order valence-electron chi connectivity index (χ0n) is 39.2. The van der Waals surface area contributed by atoms with Crippen LogP contribution in [-0.2, 0) is 13.2 Å². The summed E-state index contributed by atoms with van der Waals surface area (Å²) in [5.74, 6) is 1.50. The number of carbonyl (C=O) groups is 2. The molecule has 3 rings (SSSR count). The molecule has 0 bridgehead atoms. The van der Waals surface area contributed by atoms with Crippen molar-refractivity contribution in [2.45, 2.75) is 195 Å². The van der Waals surface area contributed by atoms with Gasteiger partial charge in [-0.05, 0) is 73.2 Å². The molecule has 0 aliphatic rings. The van der Waals surface area contributed by atoms with Crippen molar-refractivity contribution in [3.05, 3.63) is 81.9 Å². The molecule has 8 heteroatoms. The van der Waals surface area contributed by atoms with Crippen LogP contribution in [0.3, 0.4) is 0 Å². The van der Waals surface area contributed by atoms with E-state index < -0.39 is 13.2 Å². The van der Waals surface area contributed by atoms with Crippen LogP contribution in [0.5, 0.6) is 23.0 Å². The SMILES string of the molecule is CCCCCCCCOc1cc(OCCCCCCCC)cc(C(=O)c2cc(CO)c(C(=O)c3cc(OCCCCCCCC)cc(OCCCCCCCC)c3)cc2CO)c1. The number of rotatable bonds is 38. The summed E-state index contributed by atoms with van der Waals surface area (Å²) in [7, 11) is 0. The van der Waals surface area contributed by atoms with Gasteiger partial charge in [-0.3, -0.25) is 9.59 Å². The van der Waals surface area contributed by atoms with Crippen LogP contribution < -0.4 is 18.9 Å². The van der Waals surface area contributed by atoms with E-state index in [-0.39, 0.29) is 22.7 Å². The Morgan fingerprint density at radius 3 is 0.839 bits per heavy atom. The molecule has 346 valence electrons.